The number of nitrogens with zero attached hydrogens (tertiary/aromatic N) is 1. The highest BCUT2D eigenvalue weighted by molar-refractivity contribution is 5.77. The van der Waals surface area contributed by atoms with E-state index in [0.717, 1.165) is 6.21 Å². The average Bonchev–Trinajstić information content (AvgIpc) is 1.61. The standard InChI is InChI=1S/C3H8N4/c4-1-2-7-3(5)6/h1,4H,2H2,(H4,5,6,7). The molecule has 0 spiro atoms. The smallest absolute Gasteiger partial charge is 0.186 e. The van der Waals surface area contributed by atoms with Gasteiger partial charge in [0.15, 0.2) is 5.96 Å². The summed E-state index contributed by atoms with van der Waals surface area (Å²) in [6, 6.07) is 0. The fourth-order valence-electron chi connectivity index (χ4n) is 0.151. The fraction of sp³-hybridized carbons (Fsp3) is 0.333. The molecule has 0 aromatic heterocycles. The molecule has 0 saturated carbocycles. The lowest BCUT2D eigenvalue weighted by atomic mass is 10.7. The highest BCUT2D eigenvalue weighted by atomic mass is 15.0. The Labute approximate surface area is 41.7 Å². The number of hydrogen-bond donors (Lipinski definition) is 3. The first kappa shape index (κ1) is 5.94. The molecule has 0 saturated heterocycles. The summed E-state index contributed by atoms with van der Waals surface area (Å²) in [6.07, 6.45) is 1.12. The van der Waals surface area contributed by atoms with E-state index >= 15 is 0 Å². The molecular weight excluding hydrogens is 92.1 g/mol. The average molecular weight is 100 g/mol. The van der Waals surface area contributed by atoms with Gasteiger partial charge >= 0.3 is 0 Å². The SMILES string of the molecule is N=CCN=C(N)N. The van der Waals surface area contributed by atoms with Crippen molar-refractivity contribution in [3.8, 4) is 0 Å². The molecule has 0 aliphatic rings. The molecule has 5 N–H and O–H groups in total. The molecule has 0 fully saturated rings. The molecule has 0 heterocycles. The van der Waals surface area contributed by atoms with Crippen LogP contribution in [0.1, 0.15) is 0 Å². The van der Waals surface area contributed by atoms with Gasteiger partial charge in [-0.15, -0.1) is 0 Å². The van der Waals surface area contributed by atoms with Crippen molar-refractivity contribution in [3.05, 3.63) is 0 Å². The second-order valence-corrected chi connectivity index (χ2v) is 0.970. The van der Waals surface area contributed by atoms with E-state index in [2.05, 4.69) is 4.99 Å². The molecule has 4 heteroatoms. The molecule has 0 unspecified atom stereocenters. The molecule has 0 radical (unpaired) electrons. The first-order valence-corrected chi connectivity index (χ1v) is 1.81. The Morgan fingerprint density at radius 2 is 2.29 bits per heavy atom. The number of rotatable bonds is 2. The number of nitrogens with two attached hydrogens (primary N) is 2. The van der Waals surface area contributed by atoms with Crippen LogP contribution >= 0.6 is 0 Å². The van der Waals surface area contributed by atoms with E-state index in [-0.39, 0.29) is 12.5 Å². The van der Waals surface area contributed by atoms with Gasteiger partial charge in [-0.1, -0.05) is 0 Å². The van der Waals surface area contributed by atoms with Gasteiger partial charge in [0.05, 0.1) is 6.54 Å². The van der Waals surface area contributed by atoms with Crippen LogP contribution < -0.4 is 11.5 Å². The maximum Gasteiger partial charge on any atom is 0.186 e. The zero-order valence-electron chi connectivity index (χ0n) is 3.89. The maximum atomic E-state index is 6.45. The zero-order valence-corrected chi connectivity index (χ0v) is 3.89. The minimum absolute atomic E-state index is 0.0310. The first-order valence-electron chi connectivity index (χ1n) is 1.81. The summed E-state index contributed by atoms with van der Waals surface area (Å²) in [5.74, 6) is 0.0310. The Balaban J connectivity index is 3.25. The molecule has 7 heavy (non-hydrogen) atoms. The van der Waals surface area contributed by atoms with Gasteiger partial charge in [0.2, 0.25) is 0 Å². The largest absolute Gasteiger partial charge is 0.370 e. The van der Waals surface area contributed by atoms with Crippen LogP contribution in [-0.4, -0.2) is 18.7 Å². The Hall–Kier alpha value is -1.06. The molecular formula is C3H8N4. The Bertz CT molecular complexity index is 80.9. The molecule has 0 atom stereocenters. The maximum absolute atomic E-state index is 6.45. The lowest BCUT2D eigenvalue weighted by Gasteiger charge is -1.83. The summed E-state index contributed by atoms with van der Waals surface area (Å²) in [5.41, 5.74) is 9.81. The lowest BCUT2D eigenvalue weighted by molar-refractivity contribution is 1.26. The molecule has 0 bridgehead atoms. The van der Waals surface area contributed by atoms with Crippen molar-refractivity contribution in [3.63, 3.8) is 0 Å². The van der Waals surface area contributed by atoms with E-state index in [9.17, 15) is 0 Å². The van der Waals surface area contributed by atoms with Crippen LogP contribution in [-0.2, 0) is 0 Å². The van der Waals surface area contributed by atoms with Crippen molar-refractivity contribution in [1.82, 2.24) is 0 Å². The van der Waals surface area contributed by atoms with Crippen LogP contribution in [0.5, 0.6) is 0 Å². The van der Waals surface area contributed by atoms with E-state index in [1.54, 1.807) is 0 Å². The summed E-state index contributed by atoms with van der Waals surface area (Å²) in [7, 11) is 0. The topological polar surface area (TPSA) is 88.2 Å². The van der Waals surface area contributed by atoms with Crippen LogP contribution in [0, 0.1) is 5.41 Å². The van der Waals surface area contributed by atoms with Gasteiger partial charge in [-0.25, -0.2) is 4.99 Å². The summed E-state index contributed by atoms with van der Waals surface area (Å²) < 4.78 is 0. The van der Waals surface area contributed by atoms with Crippen molar-refractivity contribution in [2.45, 2.75) is 0 Å². The number of hydrogen-bond acceptors (Lipinski definition) is 2. The van der Waals surface area contributed by atoms with Gasteiger partial charge in [-0.2, -0.15) is 0 Å². The van der Waals surface area contributed by atoms with Crippen molar-refractivity contribution in [2.24, 2.45) is 16.5 Å². The third-order valence-corrected chi connectivity index (χ3v) is 0.365. The van der Waals surface area contributed by atoms with Gasteiger partial charge in [0.1, 0.15) is 0 Å². The highest BCUT2D eigenvalue weighted by Gasteiger charge is 1.71. The highest BCUT2D eigenvalue weighted by Crippen LogP contribution is 1.56. The molecule has 4 nitrogen and oxygen atoms in total. The predicted octanol–water partition coefficient (Wildman–Crippen LogP) is -1.09. The van der Waals surface area contributed by atoms with Crippen molar-refractivity contribution in [1.29, 1.82) is 5.41 Å². The van der Waals surface area contributed by atoms with E-state index in [0.29, 0.717) is 0 Å². The predicted molar refractivity (Wildman–Crippen MR) is 29.5 cm³/mol. The minimum Gasteiger partial charge on any atom is -0.370 e. The van der Waals surface area contributed by atoms with Gasteiger partial charge < -0.3 is 16.9 Å². The summed E-state index contributed by atoms with van der Waals surface area (Å²) >= 11 is 0. The van der Waals surface area contributed by atoms with Crippen LogP contribution in [0.25, 0.3) is 0 Å². The number of guanidine groups is 1. The molecule has 0 aromatic rings. The van der Waals surface area contributed by atoms with E-state index in [4.69, 9.17) is 16.9 Å². The molecule has 40 valence electrons. The van der Waals surface area contributed by atoms with Gasteiger partial charge in [0.25, 0.3) is 0 Å². The first-order chi connectivity index (χ1) is 3.27. The zero-order chi connectivity index (χ0) is 5.70. The van der Waals surface area contributed by atoms with E-state index in [1.807, 2.05) is 0 Å². The second kappa shape index (κ2) is 3.14. The van der Waals surface area contributed by atoms with Crippen molar-refractivity contribution in [2.75, 3.05) is 6.54 Å². The second-order valence-electron chi connectivity index (χ2n) is 0.970. The number of aliphatic imine (C=N–C) groups is 1. The summed E-state index contributed by atoms with van der Waals surface area (Å²) in [4.78, 5) is 3.47. The Kier molecular flexibility index (Phi) is 2.67. The quantitative estimate of drug-likeness (QED) is 0.304. The van der Waals surface area contributed by atoms with Gasteiger partial charge in [-0.05, 0) is 0 Å². The van der Waals surface area contributed by atoms with E-state index in [1.165, 1.54) is 0 Å². The Morgan fingerprint density at radius 3 is 2.43 bits per heavy atom. The third-order valence-electron chi connectivity index (χ3n) is 0.365. The molecule has 0 aliphatic heterocycles. The van der Waals surface area contributed by atoms with Crippen LogP contribution in [0.15, 0.2) is 4.99 Å². The monoisotopic (exact) mass is 100 g/mol. The van der Waals surface area contributed by atoms with Crippen molar-refractivity contribution >= 4 is 12.2 Å². The van der Waals surface area contributed by atoms with Crippen LogP contribution in [0.2, 0.25) is 0 Å². The summed E-state index contributed by atoms with van der Waals surface area (Å²) in [6.45, 7) is 0.280. The molecule has 0 aromatic carbocycles. The molecule has 0 aliphatic carbocycles. The van der Waals surface area contributed by atoms with Gasteiger partial charge in [0, 0.05) is 6.21 Å². The van der Waals surface area contributed by atoms with Gasteiger partial charge in [-0.3, -0.25) is 0 Å². The molecule has 0 amide bonds. The van der Waals surface area contributed by atoms with Crippen LogP contribution in [0.3, 0.4) is 0 Å². The minimum atomic E-state index is 0.0310. The number of nitrogens with one attached hydrogen (secondary N) is 1. The van der Waals surface area contributed by atoms with Crippen molar-refractivity contribution < 1.29 is 0 Å². The van der Waals surface area contributed by atoms with E-state index < -0.39 is 0 Å². The van der Waals surface area contributed by atoms with Crippen LogP contribution in [0.4, 0.5) is 0 Å². The Morgan fingerprint density at radius 1 is 1.71 bits per heavy atom. The lowest BCUT2D eigenvalue weighted by Crippen LogP contribution is -2.23. The molecule has 0 rings (SSSR count). The summed E-state index contributed by atoms with van der Waals surface area (Å²) in [5, 5.41) is 6.45. The third kappa shape index (κ3) is 4.94. The fourth-order valence-corrected chi connectivity index (χ4v) is 0.151. The normalized spacial score (nSPS) is 7.43.